The molecule has 102 valence electrons. The van der Waals surface area contributed by atoms with Gasteiger partial charge in [0.1, 0.15) is 0 Å². The molecule has 0 spiro atoms. The standard InChI is InChI=1S/C15H20ClN3/c1-9-6-7-13(8-14(9)16)17-10(2)15-11(3)18-19(5)12(15)4/h6-8,10,17H,1-5H3. The van der Waals surface area contributed by atoms with Gasteiger partial charge in [-0.15, -0.1) is 0 Å². The van der Waals surface area contributed by atoms with Crippen LogP contribution < -0.4 is 5.32 Å². The summed E-state index contributed by atoms with van der Waals surface area (Å²) in [5.74, 6) is 0. The molecule has 19 heavy (non-hydrogen) atoms. The fraction of sp³-hybridized carbons (Fsp3) is 0.400. The van der Waals surface area contributed by atoms with Crippen LogP contribution in [0.5, 0.6) is 0 Å². The third-order valence-electron chi connectivity index (χ3n) is 3.55. The minimum absolute atomic E-state index is 0.201. The second-order valence-corrected chi connectivity index (χ2v) is 5.45. The quantitative estimate of drug-likeness (QED) is 0.912. The molecule has 1 unspecified atom stereocenters. The predicted molar refractivity (Wildman–Crippen MR) is 80.9 cm³/mol. The minimum atomic E-state index is 0.201. The smallest absolute Gasteiger partial charge is 0.0649 e. The van der Waals surface area contributed by atoms with Crippen LogP contribution in [0.1, 0.15) is 35.5 Å². The molecular weight excluding hydrogens is 258 g/mol. The van der Waals surface area contributed by atoms with E-state index in [2.05, 4.69) is 30.3 Å². The molecule has 0 fully saturated rings. The van der Waals surface area contributed by atoms with Gasteiger partial charge in [0.25, 0.3) is 0 Å². The van der Waals surface area contributed by atoms with Gasteiger partial charge >= 0.3 is 0 Å². The summed E-state index contributed by atoms with van der Waals surface area (Å²) in [5.41, 5.74) is 5.63. The Bertz CT molecular complexity index is 602. The van der Waals surface area contributed by atoms with Crippen LogP contribution in [0.15, 0.2) is 18.2 Å². The van der Waals surface area contributed by atoms with Crippen molar-refractivity contribution in [1.82, 2.24) is 9.78 Å². The summed E-state index contributed by atoms with van der Waals surface area (Å²) < 4.78 is 1.92. The molecule has 2 rings (SSSR count). The monoisotopic (exact) mass is 277 g/mol. The highest BCUT2D eigenvalue weighted by Gasteiger charge is 2.16. The van der Waals surface area contributed by atoms with Gasteiger partial charge in [-0.2, -0.15) is 5.10 Å². The molecule has 4 heteroatoms. The third-order valence-corrected chi connectivity index (χ3v) is 3.96. The second kappa shape index (κ2) is 5.25. The molecule has 0 aliphatic rings. The zero-order valence-corrected chi connectivity index (χ0v) is 12.8. The van der Waals surface area contributed by atoms with E-state index in [1.165, 1.54) is 11.3 Å². The Balaban J connectivity index is 2.25. The van der Waals surface area contributed by atoms with Crippen molar-refractivity contribution >= 4 is 17.3 Å². The van der Waals surface area contributed by atoms with Crippen LogP contribution in [0.3, 0.4) is 0 Å². The number of rotatable bonds is 3. The Labute approximate surface area is 119 Å². The number of nitrogens with zero attached hydrogens (tertiary/aromatic N) is 2. The van der Waals surface area contributed by atoms with Crippen LogP contribution in [0.4, 0.5) is 5.69 Å². The van der Waals surface area contributed by atoms with Gasteiger partial charge in [0.05, 0.1) is 11.7 Å². The van der Waals surface area contributed by atoms with Crippen molar-refractivity contribution in [3.63, 3.8) is 0 Å². The number of aryl methyl sites for hydroxylation is 3. The lowest BCUT2D eigenvalue weighted by Gasteiger charge is -2.16. The fourth-order valence-electron chi connectivity index (χ4n) is 2.42. The summed E-state index contributed by atoms with van der Waals surface area (Å²) in [5, 5.41) is 8.73. The van der Waals surface area contributed by atoms with Crippen molar-refractivity contribution in [1.29, 1.82) is 0 Å². The van der Waals surface area contributed by atoms with Gasteiger partial charge in [0.2, 0.25) is 0 Å². The molecule has 0 aliphatic heterocycles. The highest BCUT2D eigenvalue weighted by Crippen LogP contribution is 2.27. The topological polar surface area (TPSA) is 29.9 Å². The molecule has 1 N–H and O–H groups in total. The molecule has 2 aromatic rings. The van der Waals surface area contributed by atoms with E-state index >= 15 is 0 Å². The maximum absolute atomic E-state index is 6.15. The van der Waals surface area contributed by atoms with E-state index in [9.17, 15) is 0 Å². The first-order valence-corrected chi connectivity index (χ1v) is 6.80. The summed E-state index contributed by atoms with van der Waals surface area (Å²) in [7, 11) is 1.97. The average molecular weight is 278 g/mol. The number of nitrogens with one attached hydrogen (secondary N) is 1. The van der Waals surface area contributed by atoms with Crippen molar-refractivity contribution < 1.29 is 0 Å². The zero-order valence-electron chi connectivity index (χ0n) is 12.1. The molecule has 0 aliphatic carbocycles. The summed E-state index contributed by atoms with van der Waals surface area (Å²) in [6, 6.07) is 6.25. The first-order chi connectivity index (χ1) is 8.90. The van der Waals surface area contributed by atoms with E-state index in [4.69, 9.17) is 11.6 Å². The van der Waals surface area contributed by atoms with Crippen molar-refractivity contribution in [2.24, 2.45) is 7.05 Å². The van der Waals surface area contributed by atoms with E-state index in [1.807, 2.05) is 37.7 Å². The molecule has 0 radical (unpaired) electrons. The first kappa shape index (κ1) is 13.9. The van der Waals surface area contributed by atoms with E-state index in [0.717, 1.165) is 22.0 Å². The number of hydrogen-bond donors (Lipinski definition) is 1. The molecule has 0 amide bonds. The molecule has 1 aromatic carbocycles. The van der Waals surface area contributed by atoms with E-state index in [1.54, 1.807) is 0 Å². The Morgan fingerprint density at radius 2 is 1.95 bits per heavy atom. The molecule has 0 saturated carbocycles. The zero-order chi connectivity index (χ0) is 14.2. The molecule has 3 nitrogen and oxygen atoms in total. The van der Waals surface area contributed by atoms with E-state index in [0.29, 0.717) is 0 Å². The Kier molecular flexibility index (Phi) is 3.85. The third kappa shape index (κ3) is 2.76. The number of anilines is 1. The molecule has 1 aromatic heterocycles. The summed E-state index contributed by atoms with van der Waals surface area (Å²) >= 11 is 6.15. The van der Waals surface area contributed by atoms with Crippen molar-refractivity contribution in [2.75, 3.05) is 5.32 Å². The van der Waals surface area contributed by atoms with Gasteiger partial charge in [-0.3, -0.25) is 4.68 Å². The highest BCUT2D eigenvalue weighted by atomic mass is 35.5. The molecule has 0 bridgehead atoms. The fourth-order valence-corrected chi connectivity index (χ4v) is 2.60. The van der Waals surface area contributed by atoms with Crippen LogP contribution >= 0.6 is 11.6 Å². The van der Waals surface area contributed by atoms with Crippen molar-refractivity contribution in [2.45, 2.75) is 33.7 Å². The normalized spacial score (nSPS) is 12.5. The predicted octanol–water partition coefficient (Wildman–Crippen LogP) is 4.17. The molecule has 1 atom stereocenters. The average Bonchev–Trinajstić information content (AvgIpc) is 2.58. The van der Waals surface area contributed by atoms with Gasteiger partial charge in [-0.25, -0.2) is 0 Å². The van der Waals surface area contributed by atoms with Gasteiger partial charge in [0, 0.05) is 29.0 Å². The summed E-state index contributed by atoms with van der Waals surface area (Å²) in [4.78, 5) is 0. The Morgan fingerprint density at radius 1 is 1.26 bits per heavy atom. The maximum Gasteiger partial charge on any atom is 0.0649 e. The van der Waals surface area contributed by atoms with Gasteiger partial charge in [0.15, 0.2) is 0 Å². The molecule has 1 heterocycles. The van der Waals surface area contributed by atoms with Crippen molar-refractivity contribution in [3.05, 3.63) is 45.7 Å². The SMILES string of the molecule is Cc1ccc(NC(C)c2c(C)nn(C)c2C)cc1Cl. The second-order valence-electron chi connectivity index (χ2n) is 5.04. The van der Waals surface area contributed by atoms with Gasteiger partial charge in [-0.1, -0.05) is 17.7 Å². The maximum atomic E-state index is 6.15. The van der Waals surface area contributed by atoms with Crippen LogP contribution in [-0.2, 0) is 7.05 Å². The van der Waals surface area contributed by atoms with Crippen LogP contribution in [-0.4, -0.2) is 9.78 Å². The Morgan fingerprint density at radius 3 is 2.47 bits per heavy atom. The lowest BCUT2D eigenvalue weighted by Crippen LogP contribution is -2.09. The summed E-state index contributed by atoms with van der Waals surface area (Å²) in [6.07, 6.45) is 0. The van der Waals surface area contributed by atoms with Crippen LogP contribution in [0.25, 0.3) is 0 Å². The number of benzene rings is 1. The first-order valence-electron chi connectivity index (χ1n) is 6.43. The minimum Gasteiger partial charge on any atom is -0.378 e. The van der Waals surface area contributed by atoms with E-state index in [-0.39, 0.29) is 6.04 Å². The lowest BCUT2D eigenvalue weighted by molar-refractivity contribution is 0.728. The molecule has 0 saturated heterocycles. The van der Waals surface area contributed by atoms with Gasteiger partial charge < -0.3 is 5.32 Å². The highest BCUT2D eigenvalue weighted by molar-refractivity contribution is 6.31. The molecular formula is C15H20ClN3. The number of aromatic nitrogens is 2. The largest absolute Gasteiger partial charge is 0.378 e. The van der Waals surface area contributed by atoms with Crippen molar-refractivity contribution in [3.8, 4) is 0 Å². The Hall–Kier alpha value is -1.48. The van der Waals surface area contributed by atoms with Gasteiger partial charge in [-0.05, 0) is 45.4 Å². The van der Waals surface area contributed by atoms with Crippen LogP contribution in [0, 0.1) is 20.8 Å². The lowest BCUT2D eigenvalue weighted by atomic mass is 10.1. The number of halogens is 1. The number of hydrogen-bond acceptors (Lipinski definition) is 2. The van der Waals surface area contributed by atoms with E-state index < -0.39 is 0 Å². The summed E-state index contributed by atoms with van der Waals surface area (Å²) in [6.45, 7) is 8.29. The van der Waals surface area contributed by atoms with Crippen LogP contribution in [0.2, 0.25) is 5.02 Å².